The fourth-order valence-electron chi connectivity index (χ4n) is 2.08. The molecule has 1 aliphatic carbocycles. The van der Waals surface area contributed by atoms with Crippen molar-refractivity contribution in [2.75, 3.05) is 13.6 Å². The summed E-state index contributed by atoms with van der Waals surface area (Å²) < 4.78 is 0. The van der Waals surface area contributed by atoms with Crippen molar-refractivity contribution < 1.29 is 14.7 Å². The third kappa shape index (κ3) is 3.51. The molecule has 1 saturated carbocycles. The second-order valence-electron chi connectivity index (χ2n) is 5.41. The number of hydrogen-bond acceptors (Lipinski definition) is 3. The lowest BCUT2D eigenvalue weighted by Crippen LogP contribution is -2.41. The van der Waals surface area contributed by atoms with Gasteiger partial charge < -0.3 is 15.3 Å². The molecule has 0 heterocycles. The molecular formula is C15H17N3O3. The van der Waals surface area contributed by atoms with Gasteiger partial charge in [0.2, 0.25) is 0 Å². The molecule has 6 heteroatoms. The van der Waals surface area contributed by atoms with Gasteiger partial charge in [0.25, 0.3) is 0 Å². The molecule has 2 N–H and O–H groups in total. The number of rotatable bonds is 5. The van der Waals surface area contributed by atoms with E-state index in [1.54, 1.807) is 25.2 Å². The van der Waals surface area contributed by atoms with Crippen LogP contribution in [0.2, 0.25) is 0 Å². The Labute approximate surface area is 123 Å². The summed E-state index contributed by atoms with van der Waals surface area (Å²) in [5.41, 5.74) is 0.632. The summed E-state index contributed by atoms with van der Waals surface area (Å²) in [4.78, 5) is 24.5. The lowest BCUT2D eigenvalue weighted by Gasteiger charge is -2.19. The summed E-state index contributed by atoms with van der Waals surface area (Å²) in [5.74, 6) is -0.854. The Morgan fingerprint density at radius 3 is 2.76 bits per heavy atom. The highest BCUT2D eigenvalue weighted by molar-refractivity contribution is 5.80. The zero-order chi connectivity index (χ0) is 15.5. The predicted molar refractivity (Wildman–Crippen MR) is 75.3 cm³/mol. The van der Waals surface area contributed by atoms with E-state index >= 15 is 0 Å². The smallest absolute Gasteiger partial charge is 0.317 e. The maximum atomic E-state index is 12.0. The van der Waals surface area contributed by atoms with E-state index in [0.29, 0.717) is 24.9 Å². The second-order valence-corrected chi connectivity index (χ2v) is 5.41. The number of nitrogens with one attached hydrogen (secondary N) is 1. The second kappa shape index (κ2) is 5.83. The first-order valence-corrected chi connectivity index (χ1v) is 6.68. The minimum absolute atomic E-state index is 0.156. The highest BCUT2D eigenvalue weighted by atomic mass is 16.4. The summed E-state index contributed by atoms with van der Waals surface area (Å²) in [6, 6.07) is 8.77. The van der Waals surface area contributed by atoms with Crippen molar-refractivity contribution in [3.63, 3.8) is 0 Å². The molecule has 1 aliphatic rings. The monoisotopic (exact) mass is 287 g/mol. The zero-order valence-corrected chi connectivity index (χ0v) is 11.8. The van der Waals surface area contributed by atoms with Crippen LogP contribution in [0.4, 0.5) is 4.79 Å². The first-order chi connectivity index (χ1) is 9.97. The summed E-state index contributed by atoms with van der Waals surface area (Å²) in [6.45, 7) is 0.519. The summed E-state index contributed by atoms with van der Waals surface area (Å²) in [5, 5.41) is 20.5. The maximum absolute atomic E-state index is 12.0. The molecule has 1 aromatic rings. The van der Waals surface area contributed by atoms with E-state index in [1.807, 2.05) is 6.07 Å². The third-order valence-electron chi connectivity index (χ3n) is 3.71. The molecule has 21 heavy (non-hydrogen) atoms. The topological polar surface area (TPSA) is 93.4 Å². The van der Waals surface area contributed by atoms with Crippen molar-refractivity contribution in [2.45, 2.75) is 19.4 Å². The normalized spacial score (nSPS) is 14.9. The van der Waals surface area contributed by atoms with E-state index < -0.39 is 11.4 Å². The summed E-state index contributed by atoms with van der Waals surface area (Å²) in [6.07, 6.45) is 1.22. The Morgan fingerprint density at radius 2 is 2.19 bits per heavy atom. The number of carbonyl (C=O) groups excluding carboxylic acids is 1. The zero-order valence-electron chi connectivity index (χ0n) is 11.8. The fourth-order valence-corrected chi connectivity index (χ4v) is 2.08. The van der Waals surface area contributed by atoms with Crippen LogP contribution in [0.1, 0.15) is 24.0 Å². The van der Waals surface area contributed by atoms with Crippen molar-refractivity contribution in [2.24, 2.45) is 5.41 Å². The van der Waals surface area contributed by atoms with Gasteiger partial charge in [-0.2, -0.15) is 5.26 Å². The third-order valence-corrected chi connectivity index (χ3v) is 3.71. The molecule has 110 valence electrons. The van der Waals surface area contributed by atoms with Gasteiger partial charge in [-0.05, 0) is 30.5 Å². The molecule has 0 aromatic heterocycles. The molecule has 2 amide bonds. The van der Waals surface area contributed by atoms with E-state index in [-0.39, 0.29) is 12.6 Å². The number of carbonyl (C=O) groups is 2. The fraction of sp³-hybridized carbons (Fsp3) is 0.400. The van der Waals surface area contributed by atoms with Gasteiger partial charge in [0, 0.05) is 20.1 Å². The van der Waals surface area contributed by atoms with Crippen LogP contribution in [0.15, 0.2) is 24.3 Å². The van der Waals surface area contributed by atoms with Gasteiger partial charge in [-0.25, -0.2) is 4.79 Å². The van der Waals surface area contributed by atoms with Gasteiger partial charge in [-0.15, -0.1) is 0 Å². The van der Waals surface area contributed by atoms with Gasteiger partial charge >= 0.3 is 12.0 Å². The van der Waals surface area contributed by atoms with Crippen molar-refractivity contribution in [3.05, 3.63) is 35.4 Å². The Balaban J connectivity index is 1.88. The summed E-state index contributed by atoms with van der Waals surface area (Å²) in [7, 11) is 1.63. The molecular weight excluding hydrogens is 270 g/mol. The molecule has 0 saturated heterocycles. The van der Waals surface area contributed by atoms with Gasteiger partial charge in [0.15, 0.2) is 0 Å². The Morgan fingerprint density at radius 1 is 1.48 bits per heavy atom. The number of hydrogen-bond donors (Lipinski definition) is 2. The molecule has 0 radical (unpaired) electrons. The van der Waals surface area contributed by atoms with Crippen molar-refractivity contribution in [1.82, 2.24) is 10.2 Å². The van der Waals surface area contributed by atoms with Crippen molar-refractivity contribution >= 4 is 12.0 Å². The Bertz CT molecular complexity index is 602. The van der Waals surface area contributed by atoms with Crippen molar-refractivity contribution in [3.8, 4) is 6.07 Å². The highest BCUT2D eigenvalue weighted by Gasteiger charge is 2.50. The number of carboxylic acids is 1. The Hall–Kier alpha value is -2.55. The van der Waals surface area contributed by atoms with Crippen LogP contribution in [0.25, 0.3) is 0 Å². The molecule has 0 unspecified atom stereocenters. The first kappa shape index (κ1) is 14.9. The molecule has 2 rings (SSSR count). The number of carboxylic acid groups (broad SMARTS) is 1. The molecule has 6 nitrogen and oxygen atoms in total. The van der Waals surface area contributed by atoms with E-state index in [4.69, 9.17) is 10.4 Å². The largest absolute Gasteiger partial charge is 0.481 e. The van der Waals surface area contributed by atoms with Crippen LogP contribution >= 0.6 is 0 Å². The van der Waals surface area contributed by atoms with Gasteiger partial charge in [-0.3, -0.25) is 4.79 Å². The van der Waals surface area contributed by atoms with E-state index in [2.05, 4.69) is 11.4 Å². The number of urea groups is 1. The van der Waals surface area contributed by atoms with Crippen LogP contribution in [0.3, 0.4) is 0 Å². The molecule has 0 spiro atoms. The number of amides is 2. The molecule has 1 fully saturated rings. The first-order valence-electron chi connectivity index (χ1n) is 6.68. The van der Waals surface area contributed by atoms with Gasteiger partial charge in [0.05, 0.1) is 17.0 Å². The highest BCUT2D eigenvalue weighted by Crippen LogP contribution is 2.45. The van der Waals surface area contributed by atoms with Crippen molar-refractivity contribution in [1.29, 1.82) is 5.26 Å². The summed E-state index contributed by atoms with van der Waals surface area (Å²) >= 11 is 0. The van der Waals surface area contributed by atoms with Crippen LogP contribution in [0, 0.1) is 16.7 Å². The average molecular weight is 287 g/mol. The predicted octanol–water partition coefficient (Wildman–Crippen LogP) is 1.56. The number of nitrogens with zero attached hydrogens (tertiary/aromatic N) is 2. The Kier molecular flexibility index (Phi) is 4.13. The molecule has 0 bridgehead atoms. The number of nitriles is 1. The van der Waals surface area contributed by atoms with E-state index in [9.17, 15) is 9.59 Å². The molecule has 1 aromatic carbocycles. The standard InChI is InChI=1S/C15H17N3O3/c1-18(9-12-4-2-3-11(7-12)8-16)14(21)17-10-15(5-6-15)13(19)20/h2-4,7H,5-6,9-10H2,1H3,(H,17,21)(H,19,20). The van der Waals surface area contributed by atoms with Crippen LogP contribution in [-0.2, 0) is 11.3 Å². The lowest BCUT2D eigenvalue weighted by molar-refractivity contribution is -0.143. The SMILES string of the molecule is CN(Cc1cccc(C#N)c1)C(=O)NCC1(C(=O)O)CC1. The minimum atomic E-state index is -0.854. The van der Waals surface area contributed by atoms with Crippen LogP contribution < -0.4 is 5.32 Å². The van der Waals surface area contributed by atoms with Crippen LogP contribution in [-0.4, -0.2) is 35.6 Å². The van der Waals surface area contributed by atoms with E-state index in [1.165, 1.54) is 4.90 Å². The van der Waals surface area contributed by atoms with Gasteiger partial charge in [0.1, 0.15) is 0 Å². The quantitative estimate of drug-likeness (QED) is 0.859. The molecule has 0 aliphatic heterocycles. The van der Waals surface area contributed by atoms with E-state index in [0.717, 1.165) is 5.56 Å². The minimum Gasteiger partial charge on any atom is -0.481 e. The van der Waals surface area contributed by atoms with Crippen LogP contribution in [0.5, 0.6) is 0 Å². The van der Waals surface area contributed by atoms with Gasteiger partial charge in [-0.1, -0.05) is 12.1 Å². The lowest BCUT2D eigenvalue weighted by atomic mass is 10.1. The number of aliphatic carboxylic acids is 1. The molecule has 0 atom stereocenters. The number of benzene rings is 1. The maximum Gasteiger partial charge on any atom is 0.317 e. The average Bonchev–Trinajstić information content (AvgIpc) is 3.26.